The summed E-state index contributed by atoms with van der Waals surface area (Å²) in [7, 11) is 0. The van der Waals surface area contributed by atoms with Gasteiger partial charge < -0.3 is 14.4 Å². The lowest BCUT2D eigenvalue weighted by Crippen LogP contribution is -2.29. The fourth-order valence-electron chi connectivity index (χ4n) is 1.51. The molecule has 1 N–H and O–H groups in total. The van der Waals surface area contributed by atoms with Crippen LogP contribution in [0.15, 0.2) is 16.5 Å². The number of hydrogen-bond donors (Lipinski definition) is 1. The number of aliphatic hydroxyl groups is 1. The first-order chi connectivity index (χ1) is 6.66. The van der Waals surface area contributed by atoms with Gasteiger partial charge in [0.15, 0.2) is 11.0 Å². The minimum absolute atomic E-state index is 0.202. The maximum absolute atomic E-state index is 11.7. The number of carbonyl (C=O) groups is 1. The van der Waals surface area contributed by atoms with Crippen LogP contribution in [0.1, 0.15) is 17.0 Å². The van der Waals surface area contributed by atoms with Crippen molar-refractivity contribution < 1.29 is 14.3 Å². The maximum Gasteiger partial charge on any atom is 0.289 e. The topological polar surface area (TPSA) is 53.7 Å². The van der Waals surface area contributed by atoms with Crippen molar-refractivity contribution in [3.8, 4) is 0 Å². The van der Waals surface area contributed by atoms with E-state index in [4.69, 9.17) is 16.0 Å². The van der Waals surface area contributed by atoms with Gasteiger partial charge >= 0.3 is 0 Å². The van der Waals surface area contributed by atoms with Crippen molar-refractivity contribution in [2.45, 2.75) is 12.5 Å². The molecule has 1 amide bonds. The molecule has 1 saturated heterocycles. The van der Waals surface area contributed by atoms with E-state index in [9.17, 15) is 9.90 Å². The molecule has 1 atom stereocenters. The average molecular weight is 216 g/mol. The number of β-amino-alcohol motifs (C(OH)–C–C–N with tert-alkyl or cyclic N) is 1. The molecule has 1 aromatic rings. The lowest BCUT2D eigenvalue weighted by Gasteiger charge is -2.12. The summed E-state index contributed by atoms with van der Waals surface area (Å²) in [6.45, 7) is 0.940. The molecule has 0 spiro atoms. The van der Waals surface area contributed by atoms with Gasteiger partial charge in [0.1, 0.15) is 0 Å². The number of rotatable bonds is 1. The smallest absolute Gasteiger partial charge is 0.289 e. The van der Waals surface area contributed by atoms with Crippen LogP contribution in [-0.4, -0.2) is 35.1 Å². The number of halogens is 1. The van der Waals surface area contributed by atoms with Crippen molar-refractivity contribution >= 4 is 17.5 Å². The lowest BCUT2D eigenvalue weighted by atomic mass is 10.3. The second-order valence-corrected chi connectivity index (χ2v) is 3.67. The van der Waals surface area contributed by atoms with Crippen LogP contribution >= 0.6 is 11.6 Å². The third-order valence-corrected chi connectivity index (χ3v) is 2.44. The molecule has 0 bridgehead atoms. The monoisotopic (exact) mass is 215 g/mol. The van der Waals surface area contributed by atoms with Gasteiger partial charge in [-0.3, -0.25) is 4.79 Å². The Bertz CT molecular complexity index is 350. The number of amides is 1. The van der Waals surface area contributed by atoms with Crippen LogP contribution in [0.5, 0.6) is 0 Å². The van der Waals surface area contributed by atoms with E-state index < -0.39 is 6.10 Å². The molecule has 76 valence electrons. The Labute approximate surface area is 86.1 Å². The largest absolute Gasteiger partial charge is 0.440 e. The quantitative estimate of drug-likeness (QED) is 0.765. The molecule has 1 aromatic heterocycles. The molecule has 2 heterocycles. The van der Waals surface area contributed by atoms with Crippen molar-refractivity contribution in [1.82, 2.24) is 4.90 Å². The molecule has 0 aliphatic carbocycles. The van der Waals surface area contributed by atoms with Crippen molar-refractivity contribution in [3.05, 3.63) is 23.1 Å². The fourth-order valence-corrected chi connectivity index (χ4v) is 1.66. The molecule has 1 fully saturated rings. The van der Waals surface area contributed by atoms with Gasteiger partial charge in [0, 0.05) is 13.1 Å². The van der Waals surface area contributed by atoms with E-state index in [-0.39, 0.29) is 16.9 Å². The van der Waals surface area contributed by atoms with E-state index in [1.807, 2.05) is 0 Å². The zero-order valence-corrected chi connectivity index (χ0v) is 8.20. The molecule has 4 nitrogen and oxygen atoms in total. The maximum atomic E-state index is 11.7. The third-order valence-electron chi connectivity index (χ3n) is 2.23. The molecule has 2 rings (SSSR count). The summed E-state index contributed by atoms with van der Waals surface area (Å²) < 4.78 is 4.99. The summed E-state index contributed by atoms with van der Waals surface area (Å²) in [4.78, 5) is 13.2. The highest BCUT2D eigenvalue weighted by Gasteiger charge is 2.26. The number of aliphatic hydroxyl groups excluding tert-OH is 1. The SMILES string of the molecule is O=C(c1ccc(Cl)o1)N1CC[C@@H](O)C1. The van der Waals surface area contributed by atoms with Crippen molar-refractivity contribution in [2.24, 2.45) is 0 Å². The van der Waals surface area contributed by atoms with E-state index >= 15 is 0 Å². The van der Waals surface area contributed by atoms with Crippen LogP contribution < -0.4 is 0 Å². The molecule has 5 heteroatoms. The Morgan fingerprint density at radius 1 is 1.64 bits per heavy atom. The first-order valence-electron chi connectivity index (χ1n) is 4.39. The van der Waals surface area contributed by atoms with Crippen LogP contribution in [0.3, 0.4) is 0 Å². The van der Waals surface area contributed by atoms with Crippen LogP contribution in [0.2, 0.25) is 5.22 Å². The Kier molecular flexibility index (Phi) is 2.48. The molecule has 14 heavy (non-hydrogen) atoms. The molecule has 0 unspecified atom stereocenters. The highest BCUT2D eigenvalue weighted by Crippen LogP contribution is 2.17. The van der Waals surface area contributed by atoms with Gasteiger partial charge in [-0.2, -0.15) is 0 Å². The first-order valence-corrected chi connectivity index (χ1v) is 4.77. The Hall–Kier alpha value is -1.00. The van der Waals surface area contributed by atoms with Crippen LogP contribution in [0.25, 0.3) is 0 Å². The van der Waals surface area contributed by atoms with Gasteiger partial charge in [-0.1, -0.05) is 0 Å². The molecule has 1 aliphatic rings. The van der Waals surface area contributed by atoms with Gasteiger partial charge in [0.2, 0.25) is 0 Å². The van der Waals surface area contributed by atoms with Gasteiger partial charge in [-0.25, -0.2) is 0 Å². The van der Waals surface area contributed by atoms with Crippen molar-refractivity contribution in [3.63, 3.8) is 0 Å². The number of carbonyl (C=O) groups excluding carboxylic acids is 1. The third kappa shape index (κ3) is 1.76. The van der Waals surface area contributed by atoms with E-state index in [0.717, 1.165) is 0 Å². The summed E-state index contributed by atoms with van der Waals surface area (Å²) in [5, 5.41) is 9.45. The zero-order valence-electron chi connectivity index (χ0n) is 7.44. The molecule has 1 aliphatic heterocycles. The minimum Gasteiger partial charge on any atom is -0.440 e. The second-order valence-electron chi connectivity index (χ2n) is 3.30. The predicted octanol–water partition coefficient (Wildman–Crippen LogP) is 1.14. The number of hydrogen-bond acceptors (Lipinski definition) is 3. The summed E-state index contributed by atoms with van der Waals surface area (Å²) in [6.07, 6.45) is 0.213. The standard InChI is InChI=1S/C9H10ClNO3/c10-8-2-1-7(14-8)9(13)11-4-3-6(12)5-11/h1-2,6,12H,3-5H2/t6-/m1/s1. The normalized spacial score (nSPS) is 21.6. The second kappa shape index (κ2) is 3.63. The van der Waals surface area contributed by atoms with E-state index in [1.54, 1.807) is 4.90 Å². The van der Waals surface area contributed by atoms with E-state index in [1.165, 1.54) is 12.1 Å². The van der Waals surface area contributed by atoms with E-state index in [2.05, 4.69) is 0 Å². The van der Waals surface area contributed by atoms with E-state index in [0.29, 0.717) is 19.5 Å². The summed E-state index contributed by atoms with van der Waals surface area (Å²) >= 11 is 5.55. The van der Waals surface area contributed by atoms with Crippen LogP contribution in [0, 0.1) is 0 Å². The van der Waals surface area contributed by atoms with Gasteiger partial charge in [0.25, 0.3) is 5.91 Å². The number of nitrogens with zero attached hydrogens (tertiary/aromatic N) is 1. The summed E-state index contributed by atoms with van der Waals surface area (Å²) in [5.74, 6) is 0.0116. The Morgan fingerprint density at radius 2 is 2.43 bits per heavy atom. The van der Waals surface area contributed by atoms with Crippen LogP contribution in [0.4, 0.5) is 0 Å². The molecule has 0 radical (unpaired) electrons. The Balaban J connectivity index is 2.09. The number of likely N-dealkylation sites (tertiary alicyclic amines) is 1. The van der Waals surface area contributed by atoms with Crippen molar-refractivity contribution in [1.29, 1.82) is 0 Å². The molecular formula is C9H10ClNO3. The zero-order chi connectivity index (χ0) is 10.1. The minimum atomic E-state index is -0.413. The fraction of sp³-hybridized carbons (Fsp3) is 0.444. The molecular weight excluding hydrogens is 206 g/mol. The average Bonchev–Trinajstić information content (AvgIpc) is 2.73. The summed E-state index contributed by atoms with van der Waals surface area (Å²) in [6, 6.07) is 3.07. The van der Waals surface area contributed by atoms with Gasteiger partial charge in [0.05, 0.1) is 6.10 Å². The highest BCUT2D eigenvalue weighted by molar-refractivity contribution is 6.29. The highest BCUT2D eigenvalue weighted by atomic mass is 35.5. The van der Waals surface area contributed by atoms with Crippen molar-refractivity contribution in [2.75, 3.05) is 13.1 Å². The van der Waals surface area contributed by atoms with Gasteiger partial charge in [-0.15, -0.1) is 0 Å². The van der Waals surface area contributed by atoms with Crippen LogP contribution in [-0.2, 0) is 0 Å². The number of furan rings is 1. The van der Waals surface area contributed by atoms with Gasteiger partial charge in [-0.05, 0) is 30.2 Å². The molecule has 0 saturated carbocycles. The predicted molar refractivity (Wildman–Crippen MR) is 50.2 cm³/mol. The lowest BCUT2D eigenvalue weighted by molar-refractivity contribution is 0.0734. The first kappa shape index (κ1) is 9.55. The Morgan fingerprint density at radius 3 is 2.93 bits per heavy atom. The molecule has 0 aromatic carbocycles. The summed E-state index contributed by atoms with van der Waals surface area (Å²) in [5.41, 5.74) is 0.